The van der Waals surface area contributed by atoms with Gasteiger partial charge in [0.1, 0.15) is 0 Å². The molecule has 1 N–H and O–H groups in total. The number of aromatic nitrogens is 3. The van der Waals surface area contributed by atoms with E-state index in [0.717, 1.165) is 36.3 Å². The average molecular weight is 285 g/mol. The number of pyridine rings is 1. The van der Waals surface area contributed by atoms with Crippen LogP contribution in [0.25, 0.3) is 0 Å². The van der Waals surface area contributed by atoms with Gasteiger partial charge in [-0.05, 0) is 50.3 Å². The maximum absolute atomic E-state index is 10.8. The lowest BCUT2D eigenvalue weighted by Crippen LogP contribution is -2.26. The van der Waals surface area contributed by atoms with E-state index in [0.29, 0.717) is 6.42 Å². The number of aliphatic hydroxyl groups is 1. The van der Waals surface area contributed by atoms with E-state index in [1.165, 1.54) is 11.1 Å². The third kappa shape index (κ3) is 2.60. The van der Waals surface area contributed by atoms with Gasteiger partial charge in [-0.1, -0.05) is 6.07 Å². The molecule has 112 valence electrons. The predicted molar refractivity (Wildman–Crippen MR) is 82.3 cm³/mol. The van der Waals surface area contributed by atoms with Crippen LogP contribution in [0, 0.1) is 13.8 Å². The standard InChI is InChI=1S/C17H23N3O/c1-11-15(12(2)20(3)19-11)10-16(21)14-8-4-6-13-7-5-9-18-17(13)14/h5,7,9,14,16,21H,4,6,8,10H2,1-3H3. The Hall–Kier alpha value is -1.68. The monoisotopic (exact) mass is 285 g/mol. The summed E-state index contributed by atoms with van der Waals surface area (Å²) >= 11 is 0. The fraction of sp³-hybridized carbons (Fsp3) is 0.529. The quantitative estimate of drug-likeness (QED) is 0.942. The van der Waals surface area contributed by atoms with Crippen LogP contribution in [-0.4, -0.2) is 26.0 Å². The molecule has 0 amide bonds. The van der Waals surface area contributed by atoms with Gasteiger partial charge < -0.3 is 5.11 Å². The van der Waals surface area contributed by atoms with Crippen molar-refractivity contribution in [2.45, 2.75) is 51.6 Å². The minimum absolute atomic E-state index is 0.147. The van der Waals surface area contributed by atoms with Crippen molar-refractivity contribution in [3.8, 4) is 0 Å². The molecular formula is C17H23N3O. The molecule has 0 aliphatic heterocycles. The highest BCUT2D eigenvalue weighted by atomic mass is 16.3. The second-order valence-electron chi connectivity index (χ2n) is 6.09. The Balaban J connectivity index is 1.85. The van der Waals surface area contributed by atoms with Gasteiger partial charge in [-0.2, -0.15) is 5.10 Å². The van der Waals surface area contributed by atoms with Crippen LogP contribution in [0.2, 0.25) is 0 Å². The molecule has 1 aliphatic carbocycles. The molecule has 2 aromatic heterocycles. The molecule has 2 aromatic rings. The molecule has 0 fully saturated rings. The molecule has 3 rings (SSSR count). The van der Waals surface area contributed by atoms with Gasteiger partial charge in [0.2, 0.25) is 0 Å². The van der Waals surface area contributed by atoms with E-state index in [1.54, 1.807) is 0 Å². The van der Waals surface area contributed by atoms with Crippen LogP contribution in [0.1, 0.15) is 47.0 Å². The van der Waals surface area contributed by atoms with Gasteiger partial charge in [-0.25, -0.2) is 0 Å². The zero-order chi connectivity index (χ0) is 15.0. The lowest BCUT2D eigenvalue weighted by atomic mass is 9.81. The number of aliphatic hydroxyl groups excluding tert-OH is 1. The molecule has 21 heavy (non-hydrogen) atoms. The fourth-order valence-electron chi connectivity index (χ4n) is 3.48. The summed E-state index contributed by atoms with van der Waals surface area (Å²) in [6.07, 6.45) is 5.34. The van der Waals surface area contributed by atoms with Crippen LogP contribution in [0.3, 0.4) is 0 Å². The van der Waals surface area contributed by atoms with E-state index in [-0.39, 0.29) is 12.0 Å². The van der Waals surface area contributed by atoms with Crippen LogP contribution in [0.4, 0.5) is 0 Å². The first kappa shape index (κ1) is 14.3. The van der Waals surface area contributed by atoms with E-state index in [1.807, 2.05) is 30.9 Å². The Kier molecular flexibility index (Phi) is 3.81. The van der Waals surface area contributed by atoms with Gasteiger partial charge in [0.25, 0.3) is 0 Å². The summed E-state index contributed by atoms with van der Waals surface area (Å²) < 4.78 is 1.89. The maximum atomic E-state index is 10.8. The molecule has 0 saturated heterocycles. The smallest absolute Gasteiger partial charge is 0.0665 e. The van der Waals surface area contributed by atoms with Crippen molar-refractivity contribution in [3.05, 3.63) is 46.5 Å². The summed E-state index contributed by atoms with van der Waals surface area (Å²) in [5, 5.41) is 15.2. The van der Waals surface area contributed by atoms with E-state index in [9.17, 15) is 5.11 Å². The molecule has 2 atom stereocenters. The molecular weight excluding hydrogens is 262 g/mol. The molecule has 2 unspecified atom stereocenters. The number of hydrogen-bond donors (Lipinski definition) is 1. The van der Waals surface area contributed by atoms with Gasteiger partial charge in [0.05, 0.1) is 11.8 Å². The van der Waals surface area contributed by atoms with E-state index in [2.05, 4.69) is 23.1 Å². The van der Waals surface area contributed by atoms with Crippen molar-refractivity contribution in [3.63, 3.8) is 0 Å². The van der Waals surface area contributed by atoms with E-state index >= 15 is 0 Å². The van der Waals surface area contributed by atoms with Gasteiger partial charge >= 0.3 is 0 Å². The summed E-state index contributed by atoms with van der Waals surface area (Å²) in [6, 6.07) is 4.13. The molecule has 1 aliphatic rings. The topological polar surface area (TPSA) is 50.9 Å². The highest BCUT2D eigenvalue weighted by Gasteiger charge is 2.29. The third-order valence-electron chi connectivity index (χ3n) is 4.78. The minimum Gasteiger partial charge on any atom is -0.392 e. The van der Waals surface area contributed by atoms with E-state index in [4.69, 9.17) is 0 Å². The van der Waals surface area contributed by atoms with Crippen molar-refractivity contribution >= 4 is 0 Å². The van der Waals surface area contributed by atoms with Crippen molar-refractivity contribution in [2.75, 3.05) is 0 Å². The highest BCUT2D eigenvalue weighted by Crippen LogP contribution is 2.34. The number of hydrogen-bond acceptors (Lipinski definition) is 3. The third-order valence-corrected chi connectivity index (χ3v) is 4.78. The van der Waals surface area contributed by atoms with Gasteiger partial charge in [0, 0.05) is 37.0 Å². The van der Waals surface area contributed by atoms with Crippen LogP contribution < -0.4 is 0 Å². The summed E-state index contributed by atoms with van der Waals surface area (Å²) in [5.41, 5.74) is 5.73. The summed E-state index contributed by atoms with van der Waals surface area (Å²) in [4.78, 5) is 4.53. The molecule has 0 radical (unpaired) electrons. The van der Waals surface area contributed by atoms with Crippen LogP contribution >= 0.6 is 0 Å². The zero-order valence-electron chi connectivity index (χ0n) is 13.0. The van der Waals surface area contributed by atoms with Crippen LogP contribution in [0.5, 0.6) is 0 Å². The first-order chi connectivity index (χ1) is 10.1. The Morgan fingerprint density at radius 2 is 2.24 bits per heavy atom. The Labute approximate surface area is 125 Å². The van der Waals surface area contributed by atoms with Gasteiger partial charge in [0.15, 0.2) is 0 Å². The van der Waals surface area contributed by atoms with Gasteiger partial charge in [-0.3, -0.25) is 9.67 Å². The molecule has 2 heterocycles. The van der Waals surface area contributed by atoms with Gasteiger partial charge in [-0.15, -0.1) is 0 Å². The van der Waals surface area contributed by atoms with Crippen LogP contribution in [-0.2, 0) is 19.9 Å². The number of rotatable bonds is 3. The second-order valence-corrected chi connectivity index (χ2v) is 6.09. The molecule has 4 nitrogen and oxygen atoms in total. The summed E-state index contributed by atoms with van der Waals surface area (Å²) in [7, 11) is 1.95. The summed E-state index contributed by atoms with van der Waals surface area (Å²) in [6.45, 7) is 4.08. The lowest BCUT2D eigenvalue weighted by Gasteiger charge is -2.28. The average Bonchev–Trinajstić information content (AvgIpc) is 2.73. The number of nitrogens with zero attached hydrogens (tertiary/aromatic N) is 3. The number of aryl methyl sites for hydroxylation is 3. The second kappa shape index (κ2) is 5.60. The SMILES string of the molecule is Cc1nn(C)c(C)c1CC(O)C1CCCc2cccnc21. The molecule has 0 aromatic carbocycles. The zero-order valence-corrected chi connectivity index (χ0v) is 13.0. The Morgan fingerprint density at radius 3 is 2.95 bits per heavy atom. The Morgan fingerprint density at radius 1 is 1.43 bits per heavy atom. The van der Waals surface area contributed by atoms with E-state index < -0.39 is 0 Å². The number of fused-ring (bicyclic) bond motifs is 1. The first-order valence-corrected chi connectivity index (χ1v) is 7.69. The first-order valence-electron chi connectivity index (χ1n) is 7.69. The lowest BCUT2D eigenvalue weighted by molar-refractivity contribution is 0.132. The highest BCUT2D eigenvalue weighted by molar-refractivity contribution is 5.30. The minimum atomic E-state index is -0.388. The van der Waals surface area contributed by atoms with Crippen molar-refractivity contribution in [2.24, 2.45) is 7.05 Å². The molecule has 0 saturated carbocycles. The van der Waals surface area contributed by atoms with Crippen molar-refractivity contribution in [1.29, 1.82) is 0 Å². The molecule has 0 spiro atoms. The molecule has 4 heteroatoms. The Bertz CT molecular complexity index is 647. The van der Waals surface area contributed by atoms with Crippen molar-refractivity contribution in [1.82, 2.24) is 14.8 Å². The fourth-order valence-corrected chi connectivity index (χ4v) is 3.48. The maximum Gasteiger partial charge on any atom is 0.0665 e. The molecule has 0 bridgehead atoms. The van der Waals surface area contributed by atoms with Crippen LogP contribution in [0.15, 0.2) is 18.3 Å². The largest absolute Gasteiger partial charge is 0.392 e. The normalized spacial score (nSPS) is 19.3. The summed E-state index contributed by atoms with van der Waals surface area (Å²) in [5.74, 6) is 0.147. The van der Waals surface area contributed by atoms with Crippen molar-refractivity contribution < 1.29 is 5.11 Å². The predicted octanol–water partition coefficient (Wildman–Crippen LogP) is 2.46.